The molecular weight excluding hydrogens is 288 g/mol. The molecule has 0 aliphatic rings. The van der Waals surface area contributed by atoms with Crippen LogP contribution in [0.2, 0.25) is 0 Å². The van der Waals surface area contributed by atoms with Crippen molar-refractivity contribution in [2.45, 2.75) is 53.2 Å². The Morgan fingerprint density at radius 2 is 1.96 bits per heavy atom. The second kappa shape index (κ2) is 8.34. The van der Waals surface area contributed by atoms with Gasteiger partial charge >= 0.3 is 6.09 Å². The van der Waals surface area contributed by atoms with Gasteiger partial charge in [-0.3, -0.25) is 0 Å². The lowest BCUT2D eigenvalue weighted by Crippen LogP contribution is -2.38. The van der Waals surface area contributed by atoms with E-state index in [4.69, 9.17) is 4.74 Å². The summed E-state index contributed by atoms with van der Waals surface area (Å²) in [4.78, 5) is 13.6. The zero-order chi connectivity index (χ0) is 17.6. The summed E-state index contributed by atoms with van der Waals surface area (Å²) in [5.74, 6) is 0.347. The van der Waals surface area contributed by atoms with E-state index < -0.39 is 5.60 Å². The lowest BCUT2D eigenvalue weighted by atomic mass is 10.0. The van der Waals surface area contributed by atoms with Crippen LogP contribution >= 0.6 is 0 Å². The van der Waals surface area contributed by atoms with E-state index in [-0.39, 0.29) is 6.09 Å². The Balaban J connectivity index is 2.41. The highest BCUT2D eigenvalue weighted by molar-refractivity contribution is 5.67. The van der Waals surface area contributed by atoms with E-state index >= 15 is 0 Å². The van der Waals surface area contributed by atoms with E-state index in [1.54, 1.807) is 11.9 Å². The highest BCUT2D eigenvalue weighted by Gasteiger charge is 2.20. The number of nitrogens with one attached hydrogen (secondary N) is 1. The summed E-state index contributed by atoms with van der Waals surface area (Å²) in [6.45, 7) is 13.6. The minimum absolute atomic E-state index is 0.268. The summed E-state index contributed by atoms with van der Waals surface area (Å²) in [6, 6.07) is 8.83. The number of benzene rings is 1. The molecule has 0 saturated heterocycles. The normalized spacial score (nSPS) is 14.2. The number of carbonyl (C=O) groups excluding carboxylic acids is 1. The largest absolute Gasteiger partial charge is 0.444 e. The molecule has 1 amide bonds. The Morgan fingerprint density at radius 3 is 2.52 bits per heavy atom. The van der Waals surface area contributed by atoms with Crippen molar-refractivity contribution in [1.29, 1.82) is 0 Å². The summed E-state index contributed by atoms with van der Waals surface area (Å²) < 4.78 is 5.38. The molecule has 0 spiro atoms. The Bertz CT molecular complexity index is 508. The van der Waals surface area contributed by atoms with Gasteiger partial charge in [-0.05, 0) is 52.6 Å². The molecule has 4 heteroatoms. The van der Waals surface area contributed by atoms with E-state index in [1.807, 2.05) is 20.8 Å². The van der Waals surface area contributed by atoms with Crippen LogP contribution in [0.3, 0.4) is 0 Å². The fourth-order valence-corrected chi connectivity index (χ4v) is 2.38. The zero-order valence-electron chi connectivity index (χ0n) is 15.6. The first kappa shape index (κ1) is 19.5. The third kappa shape index (κ3) is 7.51. The number of rotatable bonds is 6. The topological polar surface area (TPSA) is 41.6 Å². The van der Waals surface area contributed by atoms with E-state index in [0.29, 0.717) is 18.5 Å². The third-order valence-electron chi connectivity index (χ3n) is 3.61. The molecule has 4 nitrogen and oxygen atoms in total. The number of amides is 1. The van der Waals surface area contributed by atoms with Crippen LogP contribution in [-0.4, -0.2) is 36.7 Å². The van der Waals surface area contributed by atoms with Gasteiger partial charge in [0.15, 0.2) is 0 Å². The number of aryl methyl sites for hydroxylation is 1. The molecule has 130 valence electrons. The van der Waals surface area contributed by atoms with Crippen molar-refractivity contribution in [2.75, 3.05) is 20.1 Å². The van der Waals surface area contributed by atoms with Crippen molar-refractivity contribution in [2.24, 2.45) is 5.92 Å². The maximum Gasteiger partial charge on any atom is 0.410 e. The summed E-state index contributed by atoms with van der Waals surface area (Å²) in [5, 5.41) is 3.54. The highest BCUT2D eigenvalue weighted by Crippen LogP contribution is 2.14. The smallest absolute Gasteiger partial charge is 0.410 e. The maximum absolute atomic E-state index is 12.0. The van der Waals surface area contributed by atoms with Crippen molar-refractivity contribution in [3.63, 3.8) is 0 Å². The molecule has 0 bridgehead atoms. The lowest BCUT2D eigenvalue weighted by molar-refractivity contribution is 0.0276. The Morgan fingerprint density at radius 1 is 1.30 bits per heavy atom. The zero-order valence-corrected chi connectivity index (χ0v) is 15.6. The van der Waals surface area contributed by atoms with Crippen molar-refractivity contribution in [1.82, 2.24) is 10.2 Å². The summed E-state index contributed by atoms with van der Waals surface area (Å²) >= 11 is 0. The quantitative estimate of drug-likeness (QED) is 0.856. The van der Waals surface area contributed by atoms with Gasteiger partial charge in [0.1, 0.15) is 5.60 Å². The van der Waals surface area contributed by atoms with Gasteiger partial charge < -0.3 is 15.0 Å². The molecular formula is C19H32N2O2. The van der Waals surface area contributed by atoms with Gasteiger partial charge in [0, 0.05) is 19.6 Å². The molecule has 0 heterocycles. The Kier molecular flexibility index (Phi) is 7.07. The molecule has 23 heavy (non-hydrogen) atoms. The molecule has 2 atom stereocenters. The fourth-order valence-electron chi connectivity index (χ4n) is 2.38. The first-order valence-electron chi connectivity index (χ1n) is 8.32. The van der Waals surface area contributed by atoms with Gasteiger partial charge in [-0.25, -0.2) is 4.79 Å². The number of hydrogen-bond donors (Lipinski definition) is 1. The molecule has 0 aliphatic heterocycles. The fraction of sp³-hybridized carbons (Fsp3) is 0.632. The van der Waals surface area contributed by atoms with E-state index in [0.717, 1.165) is 6.54 Å². The molecule has 1 rings (SSSR count). The van der Waals surface area contributed by atoms with E-state index in [9.17, 15) is 4.79 Å². The van der Waals surface area contributed by atoms with Crippen molar-refractivity contribution in [3.8, 4) is 0 Å². The lowest BCUT2D eigenvalue weighted by Gasteiger charge is -2.27. The van der Waals surface area contributed by atoms with Crippen LogP contribution in [0.25, 0.3) is 0 Å². The number of hydrogen-bond acceptors (Lipinski definition) is 3. The number of carbonyl (C=O) groups is 1. The minimum Gasteiger partial charge on any atom is -0.444 e. The molecule has 1 aromatic carbocycles. The van der Waals surface area contributed by atoms with Crippen LogP contribution in [0.1, 0.15) is 51.8 Å². The predicted molar refractivity (Wildman–Crippen MR) is 95.6 cm³/mol. The van der Waals surface area contributed by atoms with Crippen LogP contribution in [0.5, 0.6) is 0 Å². The summed E-state index contributed by atoms with van der Waals surface area (Å²) in [5.41, 5.74) is 2.11. The molecule has 0 saturated carbocycles. The first-order chi connectivity index (χ1) is 10.6. The molecule has 1 N–H and O–H groups in total. The summed E-state index contributed by atoms with van der Waals surface area (Å²) in [6.07, 6.45) is -0.268. The average molecular weight is 320 g/mol. The Hall–Kier alpha value is -1.55. The van der Waals surface area contributed by atoms with Gasteiger partial charge in [0.05, 0.1) is 0 Å². The highest BCUT2D eigenvalue weighted by atomic mass is 16.6. The van der Waals surface area contributed by atoms with Crippen LogP contribution in [0, 0.1) is 12.8 Å². The second-order valence-electron chi connectivity index (χ2n) is 7.51. The van der Waals surface area contributed by atoms with E-state index in [2.05, 4.69) is 50.4 Å². The van der Waals surface area contributed by atoms with Crippen LogP contribution in [0.4, 0.5) is 4.79 Å². The summed E-state index contributed by atoms with van der Waals surface area (Å²) in [7, 11) is 1.79. The van der Waals surface area contributed by atoms with Gasteiger partial charge in [0.2, 0.25) is 0 Å². The predicted octanol–water partition coefficient (Wildman–Crippen LogP) is 4.15. The number of nitrogens with zero attached hydrogens (tertiary/aromatic N) is 1. The minimum atomic E-state index is -0.452. The second-order valence-corrected chi connectivity index (χ2v) is 7.51. The molecule has 0 aromatic heterocycles. The van der Waals surface area contributed by atoms with Crippen molar-refractivity contribution >= 4 is 6.09 Å². The van der Waals surface area contributed by atoms with Gasteiger partial charge in [0.25, 0.3) is 0 Å². The maximum atomic E-state index is 12.0. The molecule has 0 aliphatic carbocycles. The standard InChI is InChI=1S/C19H32N2O2/c1-14-9-8-10-17(11-14)16(3)20-12-15(2)13-21(7)18(22)23-19(4,5)6/h8-11,15-16,20H,12-13H2,1-7H3. The first-order valence-corrected chi connectivity index (χ1v) is 8.32. The van der Waals surface area contributed by atoms with Gasteiger partial charge in [-0.1, -0.05) is 36.8 Å². The molecule has 0 radical (unpaired) electrons. The Labute approximate surface area is 141 Å². The van der Waals surface area contributed by atoms with Crippen LogP contribution in [-0.2, 0) is 4.74 Å². The molecule has 1 aromatic rings. The van der Waals surface area contributed by atoms with Gasteiger partial charge in [-0.15, -0.1) is 0 Å². The average Bonchev–Trinajstić information content (AvgIpc) is 2.42. The molecule has 2 unspecified atom stereocenters. The SMILES string of the molecule is Cc1cccc(C(C)NCC(C)CN(C)C(=O)OC(C)(C)C)c1. The third-order valence-corrected chi connectivity index (χ3v) is 3.61. The van der Waals surface area contributed by atoms with E-state index in [1.165, 1.54) is 11.1 Å². The monoisotopic (exact) mass is 320 g/mol. The van der Waals surface area contributed by atoms with Crippen molar-refractivity contribution in [3.05, 3.63) is 35.4 Å². The van der Waals surface area contributed by atoms with Crippen LogP contribution in [0.15, 0.2) is 24.3 Å². The van der Waals surface area contributed by atoms with Crippen LogP contribution < -0.4 is 5.32 Å². The van der Waals surface area contributed by atoms with Gasteiger partial charge in [-0.2, -0.15) is 0 Å². The number of ether oxygens (including phenoxy) is 1. The van der Waals surface area contributed by atoms with Crippen molar-refractivity contribution < 1.29 is 9.53 Å². The molecule has 0 fully saturated rings.